The maximum atomic E-state index is 12.4. The van der Waals surface area contributed by atoms with Gasteiger partial charge in [0.2, 0.25) is 0 Å². The van der Waals surface area contributed by atoms with Crippen LogP contribution in [0.3, 0.4) is 0 Å². The van der Waals surface area contributed by atoms with Crippen molar-refractivity contribution < 1.29 is 9.53 Å². The summed E-state index contributed by atoms with van der Waals surface area (Å²) in [6, 6.07) is 0.331. The predicted octanol–water partition coefficient (Wildman–Crippen LogP) is 3.54. The van der Waals surface area contributed by atoms with Crippen LogP contribution in [0.25, 0.3) is 0 Å². The number of aromatic nitrogens is 2. The van der Waals surface area contributed by atoms with E-state index in [1.807, 2.05) is 25.7 Å². The molecule has 2 heterocycles. The van der Waals surface area contributed by atoms with Gasteiger partial charge in [0.1, 0.15) is 5.60 Å². The molecule has 1 aromatic rings. The minimum absolute atomic E-state index is 0.0191. The molecule has 0 saturated carbocycles. The summed E-state index contributed by atoms with van der Waals surface area (Å²) in [5.41, 5.74) is 1.84. The maximum absolute atomic E-state index is 12.4. The average Bonchev–Trinajstić information content (AvgIpc) is 2.94. The Balaban J connectivity index is 1.99. The number of piperidine rings is 1. The van der Waals surface area contributed by atoms with E-state index in [0.717, 1.165) is 37.3 Å². The largest absolute Gasteiger partial charge is 0.444 e. The Hall–Kier alpha value is -1.56. The van der Waals surface area contributed by atoms with Crippen molar-refractivity contribution >= 4 is 6.09 Å². The summed E-state index contributed by atoms with van der Waals surface area (Å²) in [6.07, 6.45) is 3.66. The quantitative estimate of drug-likeness (QED) is 0.906. The lowest BCUT2D eigenvalue weighted by molar-refractivity contribution is 0.0120. The van der Waals surface area contributed by atoms with Crippen LogP contribution < -0.4 is 0 Å². The van der Waals surface area contributed by atoms with Gasteiger partial charge in [0.15, 0.2) is 0 Å². The van der Waals surface area contributed by atoms with Gasteiger partial charge in [-0.25, -0.2) is 9.78 Å². The van der Waals surface area contributed by atoms with Crippen molar-refractivity contribution in [1.82, 2.24) is 19.8 Å². The Labute approximate surface area is 151 Å². The lowest BCUT2D eigenvalue weighted by Gasteiger charge is -2.38. The van der Waals surface area contributed by atoms with Crippen LogP contribution in [0, 0.1) is 0 Å². The highest BCUT2D eigenvalue weighted by atomic mass is 16.6. The van der Waals surface area contributed by atoms with Crippen LogP contribution in [0.1, 0.15) is 65.8 Å². The number of carbonyl (C=O) groups excluding carboxylic acids is 1. The molecule has 1 aromatic heterocycles. The lowest BCUT2D eigenvalue weighted by atomic mass is 9.90. The average molecular weight is 351 g/mol. The Kier molecular flexibility index (Phi) is 5.82. The molecule has 2 rings (SSSR count). The molecular formula is C19H34N4O2. The van der Waals surface area contributed by atoms with Crippen LogP contribution in [-0.4, -0.2) is 57.6 Å². The van der Waals surface area contributed by atoms with Gasteiger partial charge in [-0.2, -0.15) is 0 Å². The Bertz CT molecular complexity index is 583. The summed E-state index contributed by atoms with van der Waals surface area (Å²) in [5.74, 6) is 0. The highest BCUT2D eigenvalue weighted by Gasteiger charge is 2.30. The SMILES string of the molecule is CN(Cc1[nH]cnc1C(C)(C)C)C1CCCN(C(=O)OC(C)(C)C)C1. The molecule has 142 valence electrons. The third-order valence-corrected chi connectivity index (χ3v) is 4.51. The van der Waals surface area contributed by atoms with Gasteiger partial charge in [-0.05, 0) is 40.7 Å². The monoisotopic (exact) mass is 350 g/mol. The van der Waals surface area contributed by atoms with Crippen molar-refractivity contribution in [2.45, 2.75) is 78.0 Å². The molecule has 6 nitrogen and oxygen atoms in total. The van der Waals surface area contributed by atoms with E-state index in [0.29, 0.717) is 12.6 Å². The second-order valence-electron chi connectivity index (χ2n) is 9.12. The van der Waals surface area contributed by atoms with Crippen molar-refractivity contribution in [2.24, 2.45) is 0 Å². The van der Waals surface area contributed by atoms with E-state index in [4.69, 9.17) is 4.74 Å². The van der Waals surface area contributed by atoms with Crippen molar-refractivity contribution in [3.63, 3.8) is 0 Å². The number of likely N-dealkylation sites (tertiary alicyclic amines) is 1. The van der Waals surface area contributed by atoms with Gasteiger partial charge in [-0.15, -0.1) is 0 Å². The predicted molar refractivity (Wildman–Crippen MR) is 99.6 cm³/mol. The van der Waals surface area contributed by atoms with Gasteiger partial charge < -0.3 is 14.6 Å². The molecule has 1 unspecified atom stereocenters. The summed E-state index contributed by atoms with van der Waals surface area (Å²) >= 11 is 0. The summed E-state index contributed by atoms with van der Waals surface area (Å²) < 4.78 is 5.53. The topological polar surface area (TPSA) is 61.5 Å². The zero-order valence-electron chi connectivity index (χ0n) is 16.8. The fourth-order valence-corrected chi connectivity index (χ4v) is 3.27. The van der Waals surface area contributed by atoms with Gasteiger partial charge in [0, 0.05) is 31.1 Å². The zero-order chi connectivity index (χ0) is 18.8. The molecule has 1 aliphatic heterocycles. The van der Waals surface area contributed by atoms with E-state index in [1.54, 1.807) is 6.33 Å². The number of hydrogen-bond acceptors (Lipinski definition) is 4. The third-order valence-electron chi connectivity index (χ3n) is 4.51. The highest BCUT2D eigenvalue weighted by Crippen LogP contribution is 2.25. The molecule has 1 amide bonds. The molecular weight excluding hydrogens is 316 g/mol. The van der Waals surface area contributed by atoms with E-state index < -0.39 is 5.60 Å². The summed E-state index contributed by atoms with van der Waals surface area (Å²) in [7, 11) is 2.12. The van der Waals surface area contributed by atoms with Gasteiger partial charge in [0.25, 0.3) is 0 Å². The van der Waals surface area contributed by atoms with Crippen LogP contribution in [0.4, 0.5) is 4.79 Å². The molecule has 25 heavy (non-hydrogen) atoms. The van der Waals surface area contributed by atoms with Gasteiger partial charge in [-0.1, -0.05) is 20.8 Å². The number of amides is 1. The normalized spacial score (nSPS) is 19.4. The van der Waals surface area contributed by atoms with Crippen molar-refractivity contribution in [3.8, 4) is 0 Å². The van der Waals surface area contributed by atoms with Crippen molar-refractivity contribution in [1.29, 1.82) is 0 Å². The number of likely N-dealkylation sites (N-methyl/N-ethyl adjacent to an activating group) is 1. The molecule has 1 atom stereocenters. The lowest BCUT2D eigenvalue weighted by Crippen LogP contribution is -2.49. The number of imidazole rings is 1. The molecule has 1 aliphatic rings. The molecule has 0 spiro atoms. The van der Waals surface area contributed by atoms with Gasteiger partial charge >= 0.3 is 6.09 Å². The standard InChI is InChI=1S/C19H34N4O2/c1-18(2,3)16-15(20-13-21-16)12-22(7)14-9-8-10-23(11-14)17(24)25-19(4,5)6/h13-14H,8-12H2,1-7H3,(H,20,21). The van der Waals surface area contributed by atoms with E-state index in [2.05, 4.69) is 42.7 Å². The molecule has 1 saturated heterocycles. The Morgan fingerprint density at radius 2 is 2.04 bits per heavy atom. The summed E-state index contributed by atoms with van der Waals surface area (Å²) in [5, 5.41) is 0. The van der Waals surface area contributed by atoms with Crippen molar-refractivity contribution in [2.75, 3.05) is 20.1 Å². The van der Waals surface area contributed by atoms with Crippen molar-refractivity contribution in [3.05, 3.63) is 17.7 Å². The van der Waals surface area contributed by atoms with Crippen LogP contribution in [0.5, 0.6) is 0 Å². The van der Waals surface area contributed by atoms with Gasteiger partial charge in [-0.3, -0.25) is 4.90 Å². The maximum Gasteiger partial charge on any atom is 0.410 e. The first kappa shape index (κ1) is 19.8. The second-order valence-corrected chi connectivity index (χ2v) is 9.12. The fraction of sp³-hybridized carbons (Fsp3) is 0.789. The molecule has 6 heteroatoms. The molecule has 0 bridgehead atoms. The smallest absolute Gasteiger partial charge is 0.410 e. The molecule has 0 aliphatic carbocycles. The van der Waals surface area contributed by atoms with E-state index >= 15 is 0 Å². The zero-order valence-corrected chi connectivity index (χ0v) is 16.8. The molecule has 0 radical (unpaired) electrons. The Morgan fingerprint density at radius 3 is 2.64 bits per heavy atom. The van der Waals surface area contributed by atoms with Crippen LogP contribution in [-0.2, 0) is 16.7 Å². The summed E-state index contributed by atoms with van der Waals surface area (Å²) in [4.78, 5) is 24.3. The van der Waals surface area contributed by atoms with Crippen LogP contribution >= 0.6 is 0 Å². The van der Waals surface area contributed by atoms with E-state index in [9.17, 15) is 4.79 Å². The first-order chi connectivity index (χ1) is 11.5. The second kappa shape index (κ2) is 7.36. The number of rotatable bonds is 3. The third kappa shape index (κ3) is 5.46. The highest BCUT2D eigenvalue weighted by molar-refractivity contribution is 5.68. The van der Waals surface area contributed by atoms with Gasteiger partial charge in [0.05, 0.1) is 17.7 Å². The molecule has 0 aromatic carbocycles. The minimum Gasteiger partial charge on any atom is -0.444 e. The number of nitrogens with zero attached hydrogens (tertiary/aromatic N) is 3. The van der Waals surface area contributed by atoms with E-state index in [1.165, 1.54) is 0 Å². The number of carbonyl (C=O) groups is 1. The first-order valence-electron chi connectivity index (χ1n) is 9.18. The first-order valence-corrected chi connectivity index (χ1v) is 9.18. The van der Waals surface area contributed by atoms with E-state index in [-0.39, 0.29) is 11.5 Å². The molecule has 1 fully saturated rings. The summed E-state index contributed by atoms with van der Waals surface area (Å²) in [6.45, 7) is 14.5. The molecule has 1 N–H and O–H groups in total. The minimum atomic E-state index is -0.451. The van der Waals surface area contributed by atoms with Crippen LogP contribution in [0.2, 0.25) is 0 Å². The Morgan fingerprint density at radius 1 is 1.36 bits per heavy atom. The number of nitrogens with one attached hydrogen (secondary N) is 1. The number of ether oxygens (including phenoxy) is 1. The number of hydrogen-bond donors (Lipinski definition) is 1. The number of aromatic amines is 1. The fourth-order valence-electron chi connectivity index (χ4n) is 3.27. The van der Waals surface area contributed by atoms with Crippen LogP contribution in [0.15, 0.2) is 6.33 Å². The number of H-pyrrole nitrogens is 1.